The molecular formula is C11H12N2O. The Balaban J connectivity index is 2.06. The Morgan fingerprint density at radius 2 is 2.29 bits per heavy atom. The summed E-state index contributed by atoms with van der Waals surface area (Å²) >= 11 is 0. The number of carbonyl (C=O) groups is 1. The number of fused-ring (bicyclic) bond motifs is 2. The van der Waals surface area contributed by atoms with Gasteiger partial charge in [-0.15, -0.1) is 0 Å². The van der Waals surface area contributed by atoms with Gasteiger partial charge in [0.15, 0.2) is 0 Å². The van der Waals surface area contributed by atoms with Gasteiger partial charge in [0.2, 0.25) is 5.91 Å². The highest BCUT2D eigenvalue weighted by molar-refractivity contribution is 5.82. The molecule has 2 unspecified atom stereocenters. The first-order chi connectivity index (χ1) is 6.84. The highest BCUT2D eigenvalue weighted by atomic mass is 16.1. The third-order valence-corrected chi connectivity index (χ3v) is 3.03. The third-order valence-electron chi connectivity index (χ3n) is 3.03. The van der Waals surface area contributed by atoms with Crippen molar-refractivity contribution in [3.63, 3.8) is 0 Å². The lowest BCUT2D eigenvalue weighted by atomic mass is 9.90. The minimum absolute atomic E-state index is 0.155. The molecule has 1 amide bonds. The summed E-state index contributed by atoms with van der Waals surface area (Å²) in [6, 6.07) is 0.296. The van der Waals surface area contributed by atoms with Crippen molar-refractivity contribution in [2.75, 3.05) is 6.54 Å². The van der Waals surface area contributed by atoms with Crippen LogP contribution in [0, 0.1) is 5.92 Å². The minimum atomic E-state index is 0.155. The van der Waals surface area contributed by atoms with E-state index in [1.165, 1.54) is 5.57 Å². The fraction of sp³-hybridized carbons (Fsp3) is 0.364. The van der Waals surface area contributed by atoms with E-state index >= 15 is 0 Å². The number of rotatable bonds is 0. The Morgan fingerprint density at radius 1 is 1.36 bits per heavy atom. The van der Waals surface area contributed by atoms with Crippen LogP contribution in [0.4, 0.5) is 0 Å². The van der Waals surface area contributed by atoms with Crippen LogP contribution in [0.15, 0.2) is 35.6 Å². The molecular weight excluding hydrogens is 176 g/mol. The molecule has 3 heteroatoms. The second kappa shape index (κ2) is 2.82. The zero-order valence-electron chi connectivity index (χ0n) is 7.79. The fourth-order valence-corrected chi connectivity index (χ4v) is 2.36. The van der Waals surface area contributed by atoms with Crippen LogP contribution in [0.3, 0.4) is 0 Å². The molecule has 0 spiro atoms. The van der Waals surface area contributed by atoms with Crippen molar-refractivity contribution in [1.82, 2.24) is 10.6 Å². The van der Waals surface area contributed by atoms with Gasteiger partial charge in [-0.25, -0.2) is 0 Å². The molecule has 2 heterocycles. The van der Waals surface area contributed by atoms with Gasteiger partial charge in [0, 0.05) is 24.6 Å². The summed E-state index contributed by atoms with van der Waals surface area (Å²) in [6.07, 6.45) is 8.91. The van der Waals surface area contributed by atoms with E-state index in [1.54, 1.807) is 0 Å². The molecule has 0 aromatic heterocycles. The summed E-state index contributed by atoms with van der Waals surface area (Å²) in [5, 5.41) is 6.40. The van der Waals surface area contributed by atoms with E-state index < -0.39 is 0 Å². The quantitative estimate of drug-likeness (QED) is 0.580. The van der Waals surface area contributed by atoms with E-state index in [-0.39, 0.29) is 5.91 Å². The van der Waals surface area contributed by atoms with Gasteiger partial charge in [-0.05, 0) is 5.57 Å². The summed E-state index contributed by atoms with van der Waals surface area (Å²) in [4.78, 5) is 11.3. The summed E-state index contributed by atoms with van der Waals surface area (Å²) in [7, 11) is 0. The third kappa shape index (κ3) is 1.06. The van der Waals surface area contributed by atoms with Crippen molar-refractivity contribution < 1.29 is 4.79 Å². The number of allylic oxidation sites excluding steroid dienone is 2. The van der Waals surface area contributed by atoms with Crippen molar-refractivity contribution in [2.45, 2.75) is 12.5 Å². The van der Waals surface area contributed by atoms with Gasteiger partial charge in [-0.3, -0.25) is 4.79 Å². The lowest BCUT2D eigenvalue weighted by Gasteiger charge is -2.29. The van der Waals surface area contributed by atoms with Gasteiger partial charge in [-0.2, -0.15) is 0 Å². The smallest absolute Gasteiger partial charge is 0.224 e. The predicted molar refractivity (Wildman–Crippen MR) is 53.3 cm³/mol. The Kier molecular flexibility index (Phi) is 1.61. The second-order valence-corrected chi connectivity index (χ2v) is 3.95. The Bertz CT molecular complexity index is 379. The van der Waals surface area contributed by atoms with Gasteiger partial charge in [0.25, 0.3) is 0 Å². The molecule has 3 rings (SSSR count). The van der Waals surface area contributed by atoms with Crippen molar-refractivity contribution >= 4 is 5.91 Å². The van der Waals surface area contributed by atoms with E-state index in [9.17, 15) is 4.79 Å². The molecule has 72 valence electrons. The molecule has 0 bridgehead atoms. The Labute approximate surface area is 82.6 Å². The second-order valence-electron chi connectivity index (χ2n) is 3.95. The molecule has 1 aliphatic carbocycles. The van der Waals surface area contributed by atoms with Crippen molar-refractivity contribution in [2.24, 2.45) is 5.92 Å². The van der Waals surface area contributed by atoms with Crippen molar-refractivity contribution in [1.29, 1.82) is 0 Å². The summed E-state index contributed by atoms with van der Waals surface area (Å²) in [5.41, 5.74) is 2.37. The minimum Gasteiger partial charge on any atom is -0.329 e. The van der Waals surface area contributed by atoms with Crippen molar-refractivity contribution in [3.05, 3.63) is 35.6 Å². The molecule has 3 aliphatic rings. The van der Waals surface area contributed by atoms with Crippen LogP contribution >= 0.6 is 0 Å². The average Bonchev–Trinajstić information content (AvgIpc) is 2.59. The number of carbonyl (C=O) groups excluding carboxylic acids is 1. The van der Waals surface area contributed by atoms with E-state index in [1.807, 2.05) is 12.2 Å². The first-order valence-corrected chi connectivity index (χ1v) is 4.97. The first-order valence-electron chi connectivity index (χ1n) is 4.97. The van der Waals surface area contributed by atoms with Crippen molar-refractivity contribution in [3.8, 4) is 0 Å². The predicted octanol–water partition coefficient (Wildman–Crippen LogP) is 0.474. The van der Waals surface area contributed by atoms with Gasteiger partial charge in [0.05, 0.1) is 6.04 Å². The van der Waals surface area contributed by atoms with Gasteiger partial charge in [-0.1, -0.05) is 24.3 Å². The fourth-order valence-electron chi connectivity index (χ4n) is 2.36. The van der Waals surface area contributed by atoms with E-state index in [0.717, 1.165) is 12.2 Å². The van der Waals surface area contributed by atoms with Crippen LogP contribution in [-0.2, 0) is 4.79 Å². The number of hydrogen-bond acceptors (Lipinski definition) is 2. The van der Waals surface area contributed by atoms with E-state index in [0.29, 0.717) is 18.4 Å². The average molecular weight is 188 g/mol. The SMILES string of the molecule is O=C1CC2CNC3C=CC=CC3=C2N1. The zero-order chi connectivity index (χ0) is 9.54. The monoisotopic (exact) mass is 188 g/mol. The molecule has 0 aromatic carbocycles. The van der Waals surface area contributed by atoms with Crippen LogP contribution in [0.5, 0.6) is 0 Å². The Hall–Kier alpha value is -1.35. The summed E-state index contributed by atoms with van der Waals surface area (Å²) in [5.74, 6) is 0.521. The number of hydrogen-bond donors (Lipinski definition) is 2. The van der Waals surface area contributed by atoms with E-state index in [2.05, 4.69) is 22.8 Å². The molecule has 2 atom stereocenters. The van der Waals surface area contributed by atoms with Gasteiger partial charge >= 0.3 is 0 Å². The molecule has 0 aromatic rings. The normalized spacial score (nSPS) is 34.1. The maximum absolute atomic E-state index is 11.3. The zero-order valence-corrected chi connectivity index (χ0v) is 7.79. The molecule has 0 saturated carbocycles. The van der Waals surface area contributed by atoms with Crippen LogP contribution in [0.25, 0.3) is 0 Å². The maximum Gasteiger partial charge on any atom is 0.224 e. The van der Waals surface area contributed by atoms with Gasteiger partial charge < -0.3 is 10.6 Å². The molecule has 2 aliphatic heterocycles. The highest BCUT2D eigenvalue weighted by Gasteiger charge is 2.34. The number of nitrogens with one attached hydrogen (secondary N) is 2. The Morgan fingerprint density at radius 3 is 3.21 bits per heavy atom. The highest BCUT2D eigenvalue weighted by Crippen LogP contribution is 2.30. The number of amides is 1. The molecule has 2 N–H and O–H groups in total. The molecule has 1 fully saturated rings. The van der Waals surface area contributed by atoms with E-state index in [4.69, 9.17) is 0 Å². The lowest BCUT2D eigenvalue weighted by Crippen LogP contribution is -2.40. The first kappa shape index (κ1) is 8.00. The summed E-state index contributed by atoms with van der Waals surface area (Å²) < 4.78 is 0. The largest absolute Gasteiger partial charge is 0.329 e. The molecule has 3 nitrogen and oxygen atoms in total. The van der Waals surface area contributed by atoms with Gasteiger partial charge in [0.1, 0.15) is 0 Å². The maximum atomic E-state index is 11.3. The lowest BCUT2D eigenvalue weighted by molar-refractivity contribution is -0.119. The van der Waals surface area contributed by atoms with Crippen LogP contribution in [0.2, 0.25) is 0 Å². The van der Waals surface area contributed by atoms with Crippen LogP contribution < -0.4 is 10.6 Å². The van der Waals surface area contributed by atoms with Crippen LogP contribution in [0.1, 0.15) is 6.42 Å². The molecule has 0 radical (unpaired) electrons. The topological polar surface area (TPSA) is 41.1 Å². The molecule has 1 saturated heterocycles. The standard InChI is InChI=1S/C11H12N2O/c14-10-5-7-6-12-9-4-2-1-3-8(9)11(7)13-10/h1-4,7,9,12H,5-6H2,(H,13,14). The van der Waals surface area contributed by atoms with Crippen LogP contribution in [-0.4, -0.2) is 18.5 Å². The summed E-state index contributed by atoms with van der Waals surface area (Å²) in [6.45, 7) is 0.903. The molecule has 14 heavy (non-hydrogen) atoms.